The monoisotopic (exact) mass is 522 g/mol. The predicted octanol–water partition coefficient (Wildman–Crippen LogP) is 3.52. The van der Waals surface area contributed by atoms with E-state index in [-0.39, 0.29) is 23.0 Å². The lowest BCUT2D eigenvalue weighted by atomic mass is 10.1. The summed E-state index contributed by atoms with van der Waals surface area (Å²) in [5.41, 5.74) is -2.05. The molecule has 3 aromatic rings. The average Bonchev–Trinajstić information content (AvgIpc) is 3.59. The normalized spacial score (nSPS) is 14.0. The molecule has 0 saturated heterocycles. The van der Waals surface area contributed by atoms with Crippen molar-refractivity contribution >= 4 is 35.0 Å². The molecule has 4 rings (SSSR count). The maximum absolute atomic E-state index is 13.3. The molecule has 0 radical (unpaired) electrons. The van der Waals surface area contributed by atoms with E-state index in [0.717, 1.165) is 18.3 Å². The predicted molar refractivity (Wildman–Crippen MR) is 122 cm³/mol. The Morgan fingerprint density at radius 1 is 1.14 bits per heavy atom. The smallest absolute Gasteiger partial charge is 0.408 e. The fraction of sp³-hybridized carbons (Fsp3) is 0.227. The van der Waals surface area contributed by atoms with Gasteiger partial charge in [-0.2, -0.15) is 18.3 Å². The number of nitrogens with zero attached hydrogens (tertiary/aromatic N) is 2. The van der Waals surface area contributed by atoms with Crippen LogP contribution in [0.3, 0.4) is 0 Å². The summed E-state index contributed by atoms with van der Waals surface area (Å²) in [7, 11) is 0. The first-order valence-electron chi connectivity index (χ1n) is 10.5. The minimum atomic E-state index is -4.60. The minimum Gasteiger partial charge on any atom is -0.408 e. The fourth-order valence-corrected chi connectivity index (χ4v) is 3.41. The third-order valence-corrected chi connectivity index (χ3v) is 5.43. The van der Waals surface area contributed by atoms with E-state index in [1.807, 2.05) is 0 Å². The van der Waals surface area contributed by atoms with Crippen LogP contribution in [0, 0.1) is 0 Å². The molecule has 1 aliphatic rings. The number of nitrogens with one attached hydrogen (secondary N) is 4. The van der Waals surface area contributed by atoms with Gasteiger partial charge in [-0.1, -0.05) is 11.6 Å². The summed E-state index contributed by atoms with van der Waals surface area (Å²) in [6.07, 6.45) is -2.26. The number of ether oxygens (including phenoxy) is 1. The summed E-state index contributed by atoms with van der Waals surface area (Å²) >= 11 is 5.69. The van der Waals surface area contributed by atoms with E-state index in [4.69, 9.17) is 16.3 Å². The first kappa shape index (κ1) is 25.0. The standard InChI is InChI=1S/C22H18ClF3N6O4/c23-12-1-4-17(16(7-12)22(24,25)26)30-14-3-2-13(27-10-14)9-28-19(34)21(5-6-21)31-20(35)36-15-8-18(33)32-29-11-15/h1-4,7-8,10-11,30H,5-6,9H2,(H,28,34)(H,31,35)(H,32,33). The minimum absolute atomic E-state index is 0.0182. The van der Waals surface area contributed by atoms with Crippen molar-refractivity contribution in [2.45, 2.75) is 31.1 Å². The largest absolute Gasteiger partial charge is 0.418 e. The number of aromatic nitrogens is 3. The molecule has 2 aromatic heterocycles. The molecule has 1 saturated carbocycles. The Morgan fingerprint density at radius 3 is 2.56 bits per heavy atom. The van der Waals surface area contributed by atoms with E-state index in [1.54, 1.807) is 0 Å². The van der Waals surface area contributed by atoms with Crippen LogP contribution in [-0.2, 0) is 17.5 Å². The van der Waals surface area contributed by atoms with Gasteiger partial charge in [0.1, 0.15) is 5.54 Å². The molecular weight excluding hydrogens is 505 g/mol. The number of alkyl halides is 3. The molecule has 2 amide bonds. The van der Waals surface area contributed by atoms with Gasteiger partial charge in [0.2, 0.25) is 5.91 Å². The molecule has 0 unspecified atom stereocenters. The second-order valence-electron chi connectivity index (χ2n) is 7.91. The van der Waals surface area contributed by atoms with Gasteiger partial charge >= 0.3 is 12.3 Å². The highest BCUT2D eigenvalue weighted by Gasteiger charge is 2.51. The summed E-state index contributed by atoms with van der Waals surface area (Å²) in [6, 6.07) is 7.47. The Balaban J connectivity index is 1.32. The number of aromatic amines is 1. The molecule has 1 fully saturated rings. The highest BCUT2D eigenvalue weighted by atomic mass is 35.5. The Hall–Kier alpha value is -4.13. The first-order chi connectivity index (χ1) is 17.0. The number of benzene rings is 1. The van der Waals surface area contributed by atoms with Gasteiger partial charge in [-0.3, -0.25) is 14.6 Å². The molecule has 4 N–H and O–H groups in total. The van der Waals surface area contributed by atoms with Crippen molar-refractivity contribution in [3.05, 3.63) is 75.4 Å². The van der Waals surface area contributed by atoms with Crippen molar-refractivity contribution in [3.8, 4) is 5.75 Å². The number of H-pyrrole nitrogens is 1. The van der Waals surface area contributed by atoms with Crippen molar-refractivity contribution in [2.75, 3.05) is 5.32 Å². The number of carbonyl (C=O) groups is 2. The highest BCUT2D eigenvalue weighted by Crippen LogP contribution is 2.38. The van der Waals surface area contributed by atoms with Gasteiger partial charge in [0, 0.05) is 11.1 Å². The van der Waals surface area contributed by atoms with Gasteiger partial charge in [-0.15, -0.1) is 0 Å². The number of halogens is 4. The van der Waals surface area contributed by atoms with E-state index < -0.39 is 34.8 Å². The molecule has 0 bridgehead atoms. The van der Waals surface area contributed by atoms with Crippen LogP contribution in [0.5, 0.6) is 5.75 Å². The topological polar surface area (TPSA) is 138 Å². The van der Waals surface area contributed by atoms with Crippen molar-refractivity contribution in [1.82, 2.24) is 25.8 Å². The van der Waals surface area contributed by atoms with Gasteiger partial charge in [0.05, 0.1) is 41.6 Å². The van der Waals surface area contributed by atoms with Crippen molar-refractivity contribution in [3.63, 3.8) is 0 Å². The fourth-order valence-electron chi connectivity index (χ4n) is 3.23. The Bertz CT molecular complexity index is 1340. The SMILES string of the molecule is O=C(NC1(C(=O)NCc2ccc(Nc3ccc(Cl)cc3C(F)(F)F)cn2)CC1)Oc1cn[nH]c(=O)c1. The maximum Gasteiger partial charge on any atom is 0.418 e. The quantitative estimate of drug-likeness (QED) is 0.372. The van der Waals surface area contributed by atoms with Crippen LogP contribution in [0.15, 0.2) is 53.6 Å². The number of rotatable bonds is 7. The van der Waals surface area contributed by atoms with Crippen LogP contribution in [0.4, 0.5) is 29.3 Å². The second kappa shape index (κ2) is 9.85. The van der Waals surface area contributed by atoms with Crippen molar-refractivity contribution in [2.24, 2.45) is 0 Å². The zero-order chi connectivity index (χ0) is 25.9. The van der Waals surface area contributed by atoms with Crippen LogP contribution in [0.2, 0.25) is 5.02 Å². The van der Waals surface area contributed by atoms with Crippen LogP contribution in [-0.4, -0.2) is 32.7 Å². The molecule has 2 heterocycles. The number of hydrogen-bond donors (Lipinski definition) is 4. The second-order valence-corrected chi connectivity index (χ2v) is 8.35. The summed E-state index contributed by atoms with van der Waals surface area (Å²) in [5.74, 6) is -0.533. The van der Waals surface area contributed by atoms with Crippen LogP contribution < -0.4 is 26.2 Å². The molecule has 188 valence electrons. The lowest BCUT2D eigenvalue weighted by molar-refractivity contribution is -0.137. The molecule has 0 spiro atoms. The molecule has 10 nitrogen and oxygen atoms in total. The van der Waals surface area contributed by atoms with Crippen LogP contribution in [0.25, 0.3) is 0 Å². The number of hydrogen-bond acceptors (Lipinski definition) is 7. The van der Waals surface area contributed by atoms with Crippen molar-refractivity contribution < 1.29 is 27.5 Å². The van der Waals surface area contributed by atoms with E-state index in [1.165, 1.54) is 30.5 Å². The summed E-state index contributed by atoms with van der Waals surface area (Å²) < 4.78 is 44.8. The maximum atomic E-state index is 13.3. The third kappa shape index (κ3) is 6.10. The van der Waals surface area contributed by atoms with Gasteiger partial charge < -0.3 is 20.7 Å². The molecule has 0 aliphatic heterocycles. The number of amides is 2. The Morgan fingerprint density at radius 2 is 1.92 bits per heavy atom. The lowest BCUT2D eigenvalue weighted by Crippen LogP contribution is -2.49. The number of pyridine rings is 1. The van der Waals surface area contributed by atoms with E-state index in [9.17, 15) is 27.6 Å². The molecule has 36 heavy (non-hydrogen) atoms. The van der Waals surface area contributed by atoms with Gasteiger partial charge in [0.15, 0.2) is 5.75 Å². The molecule has 1 aromatic carbocycles. The van der Waals surface area contributed by atoms with Gasteiger partial charge in [0.25, 0.3) is 5.56 Å². The van der Waals surface area contributed by atoms with Gasteiger partial charge in [-0.25, -0.2) is 9.89 Å². The number of anilines is 2. The molecular formula is C22H18ClF3N6O4. The number of carbonyl (C=O) groups excluding carboxylic acids is 2. The van der Waals surface area contributed by atoms with Crippen molar-refractivity contribution in [1.29, 1.82) is 0 Å². The summed E-state index contributed by atoms with van der Waals surface area (Å²) in [4.78, 5) is 40.1. The highest BCUT2D eigenvalue weighted by molar-refractivity contribution is 6.30. The summed E-state index contributed by atoms with van der Waals surface area (Å²) in [5, 5.41) is 13.4. The van der Waals surface area contributed by atoms with Gasteiger partial charge in [-0.05, 0) is 43.2 Å². The molecule has 1 aliphatic carbocycles. The average molecular weight is 523 g/mol. The third-order valence-electron chi connectivity index (χ3n) is 5.20. The van der Waals surface area contributed by atoms with E-state index in [2.05, 4.69) is 31.1 Å². The first-order valence-corrected chi connectivity index (χ1v) is 10.8. The van der Waals surface area contributed by atoms with Crippen LogP contribution >= 0.6 is 11.6 Å². The van der Waals surface area contributed by atoms with E-state index >= 15 is 0 Å². The zero-order valence-corrected chi connectivity index (χ0v) is 19.0. The Kier molecular flexibility index (Phi) is 6.84. The summed E-state index contributed by atoms with van der Waals surface area (Å²) in [6.45, 7) is 0.0182. The van der Waals surface area contributed by atoms with Crippen LogP contribution in [0.1, 0.15) is 24.1 Å². The Labute approximate surface area is 206 Å². The molecule has 0 atom stereocenters. The zero-order valence-electron chi connectivity index (χ0n) is 18.3. The molecule has 14 heteroatoms. The lowest BCUT2D eigenvalue weighted by Gasteiger charge is -2.17. The van der Waals surface area contributed by atoms with E-state index in [0.29, 0.717) is 24.2 Å².